The Morgan fingerprint density at radius 1 is 1.21 bits per heavy atom. The molecule has 10 nitrogen and oxygen atoms in total. The molecular formula is C29H38N4O6. The molecule has 3 atom stereocenters. The number of fused-ring (bicyclic) bond motifs is 1. The standard InChI is InChI=1S/C29H38N4O6/c1-18-12-22(16-32(3)28(18)35)27-31-24-13-21(4-5-25(24)33(27)15-20-6-9-37-10-7-20)14-30-26(19(2)34)29(36)39-23-8-11-38-17-23/h4-5,12-13,16,19-20,23,26,30,34H,6-11,14-15,17H2,1-3H3. The Kier molecular flexibility index (Phi) is 8.46. The van der Waals surface area contributed by atoms with Gasteiger partial charge in [0.1, 0.15) is 18.0 Å². The molecule has 5 rings (SSSR count). The molecule has 0 spiro atoms. The number of nitrogens with one attached hydrogen (secondary N) is 1. The first-order chi connectivity index (χ1) is 18.8. The Morgan fingerprint density at radius 2 is 1.97 bits per heavy atom. The molecule has 0 bridgehead atoms. The topological polar surface area (TPSA) is 117 Å². The number of pyridine rings is 1. The van der Waals surface area contributed by atoms with Crippen LogP contribution in [0.15, 0.2) is 35.3 Å². The molecule has 3 unspecified atom stereocenters. The molecule has 4 heterocycles. The van der Waals surface area contributed by atoms with E-state index in [9.17, 15) is 14.7 Å². The number of hydrogen-bond donors (Lipinski definition) is 2. The molecule has 0 radical (unpaired) electrons. The van der Waals surface area contributed by atoms with Gasteiger partial charge in [0.25, 0.3) is 5.56 Å². The summed E-state index contributed by atoms with van der Waals surface area (Å²) in [5.74, 6) is 0.826. The molecule has 2 saturated heterocycles. The molecule has 0 saturated carbocycles. The minimum atomic E-state index is -0.915. The highest BCUT2D eigenvalue weighted by molar-refractivity contribution is 5.81. The molecule has 210 valence electrons. The van der Waals surface area contributed by atoms with Crippen molar-refractivity contribution in [3.63, 3.8) is 0 Å². The lowest BCUT2D eigenvalue weighted by Gasteiger charge is -2.23. The van der Waals surface area contributed by atoms with E-state index < -0.39 is 18.1 Å². The third kappa shape index (κ3) is 6.24. The van der Waals surface area contributed by atoms with Crippen molar-refractivity contribution in [3.8, 4) is 11.4 Å². The molecule has 2 N–H and O–H groups in total. The number of aliphatic hydroxyl groups excluding tert-OH is 1. The van der Waals surface area contributed by atoms with E-state index in [-0.39, 0.29) is 11.7 Å². The number of aliphatic hydroxyl groups is 1. The van der Waals surface area contributed by atoms with Crippen molar-refractivity contribution >= 4 is 17.0 Å². The second-order valence-electron chi connectivity index (χ2n) is 10.8. The van der Waals surface area contributed by atoms with Gasteiger partial charge in [-0.25, -0.2) is 4.98 Å². The van der Waals surface area contributed by atoms with Gasteiger partial charge < -0.3 is 28.5 Å². The summed E-state index contributed by atoms with van der Waals surface area (Å²) >= 11 is 0. The van der Waals surface area contributed by atoms with Crippen molar-refractivity contribution in [1.82, 2.24) is 19.4 Å². The van der Waals surface area contributed by atoms with Crippen molar-refractivity contribution in [3.05, 3.63) is 51.9 Å². The van der Waals surface area contributed by atoms with Gasteiger partial charge in [0.05, 0.1) is 30.4 Å². The first kappa shape index (κ1) is 27.5. The summed E-state index contributed by atoms with van der Waals surface area (Å²) in [5.41, 5.74) is 4.33. The number of rotatable bonds is 9. The van der Waals surface area contributed by atoms with Gasteiger partial charge in [-0.1, -0.05) is 6.07 Å². The number of nitrogens with zero attached hydrogens (tertiary/aromatic N) is 3. The second-order valence-corrected chi connectivity index (χ2v) is 10.8. The Morgan fingerprint density at radius 3 is 2.67 bits per heavy atom. The van der Waals surface area contributed by atoms with E-state index in [1.54, 1.807) is 18.5 Å². The minimum Gasteiger partial charge on any atom is -0.459 e. The van der Waals surface area contributed by atoms with Gasteiger partial charge in [-0.3, -0.25) is 14.9 Å². The normalized spacial score (nSPS) is 19.8. The van der Waals surface area contributed by atoms with Crippen molar-refractivity contribution in [1.29, 1.82) is 0 Å². The maximum absolute atomic E-state index is 12.7. The van der Waals surface area contributed by atoms with E-state index in [4.69, 9.17) is 19.2 Å². The summed E-state index contributed by atoms with van der Waals surface area (Å²) in [6.45, 7) is 7.08. The SMILES string of the molecule is Cc1cc(-c2nc3cc(CNC(C(=O)OC4CCOC4)C(C)O)ccc3n2CC2CCOCC2)cn(C)c1=O. The molecule has 1 aromatic carbocycles. The number of carbonyl (C=O) groups is 1. The number of aryl methyl sites for hydroxylation is 2. The van der Waals surface area contributed by atoms with E-state index in [1.165, 1.54) is 0 Å². The second kappa shape index (κ2) is 12.0. The van der Waals surface area contributed by atoms with Gasteiger partial charge in [0.2, 0.25) is 0 Å². The van der Waals surface area contributed by atoms with Crippen molar-refractivity contribution in [2.24, 2.45) is 13.0 Å². The smallest absolute Gasteiger partial charge is 0.326 e. The van der Waals surface area contributed by atoms with Crippen molar-refractivity contribution in [2.75, 3.05) is 26.4 Å². The number of esters is 1. The number of hydrogen-bond acceptors (Lipinski definition) is 8. The van der Waals surface area contributed by atoms with E-state index in [0.717, 1.165) is 60.6 Å². The first-order valence-electron chi connectivity index (χ1n) is 13.7. The molecule has 0 aliphatic carbocycles. The van der Waals surface area contributed by atoms with Gasteiger partial charge in [-0.2, -0.15) is 0 Å². The largest absolute Gasteiger partial charge is 0.459 e. The summed E-state index contributed by atoms with van der Waals surface area (Å²) < 4.78 is 20.2. The van der Waals surface area contributed by atoms with Gasteiger partial charge >= 0.3 is 5.97 Å². The molecule has 3 aromatic rings. The predicted molar refractivity (Wildman–Crippen MR) is 146 cm³/mol. The lowest BCUT2D eigenvalue weighted by atomic mass is 10.00. The fourth-order valence-corrected chi connectivity index (χ4v) is 5.40. The maximum atomic E-state index is 12.7. The Bertz CT molecular complexity index is 1340. The molecule has 2 fully saturated rings. The van der Waals surface area contributed by atoms with Gasteiger partial charge in [0, 0.05) is 57.1 Å². The van der Waals surface area contributed by atoms with Crippen molar-refractivity contribution in [2.45, 2.75) is 64.4 Å². The quantitative estimate of drug-likeness (QED) is 0.399. The zero-order chi connectivity index (χ0) is 27.5. The minimum absolute atomic E-state index is 0.0224. The van der Waals surface area contributed by atoms with Crippen LogP contribution in [0.3, 0.4) is 0 Å². The first-order valence-corrected chi connectivity index (χ1v) is 13.7. The van der Waals surface area contributed by atoms with E-state index in [0.29, 0.717) is 37.7 Å². The van der Waals surface area contributed by atoms with Gasteiger partial charge in [0.15, 0.2) is 0 Å². The van der Waals surface area contributed by atoms with Gasteiger partial charge in [-0.05, 0) is 56.4 Å². The van der Waals surface area contributed by atoms with Crippen LogP contribution in [0.1, 0.15) is 37.3 Å². The number of carbonyl (C=O) groups excluding carboxylic acids is 1. The van der Waals surface area contributed by atoms with Crippen LogP contribution in [0.2, 0.25) is 0 Å². The number of aromatic nitrogens is 3. The lowest BCUT2D eigenvalue weighted by Crippen LogP contribution is -2.46. The Labute approximate surface area is 227 Å². The average molecular weight is 539 g/mol. The van der Waals surface area contributed by atoms with Crippen LogP contribution in [0.5, 0.6) is 0 Å². The van der Waals surface area contributed by atoms with E-state index in [1.807, 2.05) is 31.3 Å². The Balaban J connectivity index is 1.41. The third-order valence-electron chi connectivity index (χ3n) is 7.65. The zero-order valence-corrected chi connectivity index (χ0v) is 22.9. The van der Waals surface area contributed by atoms with Crippen LogP contribution in [0, 0.1) is 12.8 Å². The molecule has 2 aliphatic rings. The molecule has 2 aliphatic heterocycles. The van der Waals surface area contributed by atoms with Gasteiger partial charge in [-0.15, -0.1) is 0 Å². The highest BCUT2D eigenvalue weighted by atomic mass is 16.6. The maximum Gasteiger partial charge on any atom is 0.326 e. The number of ether oxygens (including phenoxy) is 3. The third-order valence-corrected chi connectivity index (χ3v) is 7.65. The lowest BCUT2D eigenvalue weighted by molar-refractivity contribution is -0.154. The van der Waals surface area contributed by atoms with Crippen LogP contribution >= 0.6 is 0 Å². The highest BCUT2D eigenvalue weighted by Crippen LogP contribution is 2.29. The average Bonchev–Trinajstić information content (AvgIpc) is 3.55. The monoisotopic (exact) mass is 538 g/mol. The van der Waals surface area contributed by atoms with Crippen LogP contribution in [-0.4, -0.2) is 69.9 Å². The fourth-order valence-electron chi connectivity index (χ4n) is 5.40. The fraction of sp³-hybridized carbons (Fsp3) is 0.552. The van der Waals surface area contributed by atoms with Crippen molar-refractivity contribution < 1.29 is 24.1 Å². The predicted octanol–water partition coefficient (Wildman–Crippen LogP) is 2.31. The van der Waals surface area contributed by atoms with Crippen LogP contribution in [0.25, 0.3) is 22.4 Å². The summed E-state index contributed by atoms with van der Waals surface area (Å²) in [5, 5.41) is 13.4. The summed E-state index contributed by atoms with van der Waals surface area (Å²) in [4.78, 5) is 30.1. The van der Waals surface area contributed by atoms with E-state index in [2.05, 4.69) is 16.0 Å². The molecule has 39 heavy (non-hydrogen) atoms. The molecular weight excluding hydrogens is 500 g/mol. The molecule has 0 amide bonds. The summed E-state index contributed by atoms with van der Waals surface area (Å²) in [6, 6.07) is 7.14. The molecule has 2 aromatic heterocycles. The number of benzene rings is 1. The van der Waals surface area contributed by atoms with E-state index >= 15 is 0 Å². The van der Waals surface area contributed by atoms with Crippen LogP contribution in [0.4, 0.5) is 0 Å². The zero-order valence-electron chi connectivity index (χ0n) is 22.9. The highest BCUT2D eigenvalue weighted by Gasteiger charge is 2.29. The van der Waals surface area contributed by atoms with Crippen LogP contribution < -0.4 is 10.9 Å². The summed E-state index contributed by atoms with van der Waals surface area (Å²) in [7, 11) is 1.76. The molecule has 10 heteroatoms. The Hall–Kier alpha value is -3.05. The van der Waals surface area contributed by atoms with Crippen LogP contribution in [-0.2, 0) is 39.1 Å². The summed E-state index contributed by atoms with van der Waals surface area (Å²) in [6.07, 6.45) is 3.32. The number of imidazole rings is 1.